The predicted molar refractivity (Wildman–Crippen MR) is 163 cm³/mol. The summed E-state index contributed by atoms with van der Waals surface area (Å²) < 4.78 is 10.5. The Kier molecular flexibility index (Phi) is 9.96. The second kappa shape index (κ2) is 14.0. The number of hydrogen-bond donors (Lipinski definition) is 2. The van der Waals surface area contributed by atoms with Crippen molar-refractivity contribution in [1.29, 1.82) is 0 Å². The smallest absolute Gasteiger partial charge is 0.272 e. The van der Waals surface area contributed by atoms with Crippen molar-refractivity contribution in [3.05, 3.63) is 125 Å². The second-order valence-electron chi connectivity index (χ2n) is 8.99. The van der Waals surface area contributed by atoms with Gasteiger partial charge in [-0.2, -0.15) is 0 Å². The summed E-state index contributed by atoms with van der Waals surface area (Å²) in [5, 5.41) is 5.61. The number of amides is 2. The molecule has 0 bridgehead atoms. The molecule has 2 amide bonds. The normalized spacial score (nSPS) is 11.0. The molecule has 0 radical (unpaired) electrons. The summed E-state index contributed by atoms with van der Waals surface area (Å²) in [4.78, 5) is 39.7. The Balaban J connectivity index is 1.43. The van der Waals surface area contributed by atoms with Crippen molar-refractivity contribution in [2.45, 2.75) is 11.8 Å². The lowest BCUT2D eigenvalue weighted by Gasteiger charge is -2.12. The molecule has 0 heterocycles. The number of methoxy groups -OCH3 is 2. The lowest BCUT2D eigenvalue weighted by Crippen LogP contribution is -2.30. The number of rotatable bonds is 11. The van der Waals surface area contributed by atoms with E-state index in [-0.39, 0.29) is 23.1 Å². The third-order valence-electron chi connectivity index (χ3n) is 6.20. The number of benzene rings is 4. The van der Waals surface area contributed by atoms with Gasteiger partial charge in [0.1, 0.15) is 5.70 Å². The van der Waals surface area contributed by atoms with Crippen molar-refractivity contribution >= 4 is 41.1 Å². The first-order chi connectivity index (χ1) is 19.9. The fraction of sp³-hybridized carbons (Fsp3) is 0.121. The van der Waals surface area contributed by atoms with Gasteiger partial charge in [-0.05, 0) is 78.7 Å². The maximum absolute atomic E-state index is 13.3. The molecule has 0 unspecified atom stereocenters. The molecule has 2 N–H and O–H groups in total. The highest BCUT2D eigenvalue weighted by atomic mass is 32.2. The van der Waals surface area contributed by atoms with Crippen LogP contribution in [0.4, 0.5) is 5.69 Å². The van der Waals surface area contributed by atoms with E-state index < -0.39 is 5.91 Å². The zero-order valence-electron chi connectivity index (χ0n) is 23.0. The molecule has 0 atom stereocenters. The number of ketones is 1. The van der Waals surface area contributed by atoms with E-state index in [2.05, 4.69) is 10.6 Å². The third-order valence-corrected chi connectivity index (χ3v) is 7.22. The largest absolute Gasteiger partial charge is 0.493 e. The minimum Gasteiger partial charge on any atom is -0.493 e. The molecular weight excluding hydrogens is 536 g/mol. The number of hydrogen-bond acceptors (Lipinski definition) is 6. The average Bonchev–Trinajstić information content (AvgIpc) is 3.01. The molecule has 0 saturated carbocycles. The van der Waals surface area contributed by atoms with E-state index in [0.717, 1.165) is 16.0 Å². The Bertz CT molecular complexity index is 1570. The lowest BCUT2D eigenvalue weighted by atomic mass is 10.1. The van der Waals surface area contributed by atoms with Crippen LogP contribution < -0.4 is 20.1 Å². The summed E-state index contributed by atoms with van der Waals surface area (Å²) in [6.07, 6.45) is 1.66. The molecule has 4 aromatic carbocycles. The summed E-state index contributed by atoms with van der Waals surface area (Å²) in [6.45, 7) is 1.94. The number of ether oxygens (including phenoxy) is 2. The lowest BCUT2D eigenvalue weighted by molar-refractivity contribution is -0.113. The molecule has 0 fully saturated rings. The number of thioether (sulfide) groups is 1. The Labute approximate surface area is 243 Å². The molecule has 0 aliphatic carbocycles. The van der Waals surface area contributed by atoms with Crippen molar-refractivity contribution in [2.24, 2.45) is 0 Å². The van der Waals surface area contributed by atoms with Crippen molar-refractivity contribution in [1.82, 2.24) is 5.32 Å². The number of carbonyl (C=O) groups is 3. The van der Waals surface area contributed by atoms with Gasteiger partial charge in [0, 0.05) is 21.7 Å². The molecule has 0 aromatic heterocycles. The maximum atomic E-state index is 13.3. The number of carbonyl (C=O) groups excluding carboxylic acids is 3. The van der Waals surface area contributed by atoms with E-state index in [0.29, 0.717) is 28.3 Å². The highest BCUT2D eigenvalue weighted by Gasteiger charge is 2.16. The van der Waals surface area contributed by atoms with Crippen LogP contribution in [0.5, 0.6) is 11.5 Å². The fourth-order valence-corrected chi connectivity index (χ4v) is 4.71. The van der Waals surface area contributed by atoms with Crippen molar-refractivity contribution in [3.8, 4) is 11.5 Å². The molecule has 0 aliphatic rings. The van der Waals surface area contributed by atoms with E-state index in [1.54, 1.807) is 67.8 Å². The van der Waals surface area contributed by atoms with Crippen LogP contribution in [0.25, 0.3) is 6.08 Å². The fourth-order valence-electron chi connectivity index (χ4n) is 3.92. The minimum atomic E-state index is -0.457. The predicted octanol–water partition coefficient (Wildman–Crippen LogP) is 6.40. The SMILES string of the molecule is COc1ccc(C(=O)CSc2ccc(NC(=O)/C(=C/c3ccccc3C)NC(=O)c3ccccc3)cc2)cc1OC. The molecule has 208 valence electrons. The second-order valence-corrected chi connectivity index (χ2v) is 10.0. The Hall–Kier alpha value is -4.82. The number of aryl methyl sites for hydroxylation is 1. The van der Waals surface area contributed by atoms with Crippen LogP contribution in [0.1, 0.15) is 31.8 Å². The third kappa shape index (κ3) is 7.86. The van der Waals surface area contributed by atoms with Gasteiger partial charge in [-0.25, -0.2) is 0 Å². The molecular formula is C33H30N2O5S. The van der Waals surface area contributed by atoms with Gasteiger partial charge in [0.2, 0.25) is 0 Å². The van der Waals surface area contributed by atoms with Crippen LogP contribution in [-0.2, 0) is 4.79 Å². The van der Waals surface area contributed by atoms with Crippen LogP contribution in [0.3, 0.4) is 0 Å². The zero-order valence-corrected chi connectivity index (χ0v) is 23.8. The van der Waals surface area contributed by atoms with Gasteiger partial charge in [0.05, 0.1) is 20.0 Å². The Morgan fingerprint density at radius 2 is 1.46 bits per heavy atom. The van der Waals surface area contributed by atoms with Crippen molar-refractivity contribution in [2.75, 3.05) is 25.3 Å². The van der Waals surface area contributed by atoms with Gasteiger partial charge in [0.25, 0.3) is 11.8 Å². The number of anilines is 1. The molecule has 0 spiro atoms. The molecule has 7 nitrogen and oxygen atoms in total. The summed E-state index contributed by atoms with van der Waals surface area (Å²) >= 11 is 1.39. The summed E-state index contributed by atoms with van der Waals surface area (Å²) in [5.41, 5.74) is 3.43. The van der Waals surface area contributed by atoms with Gasteiger partial charge >= 0.3 is 0 Å². The molecule has 8 heteroatoms. The first-order valence-corrected chi connectivity index (χ1v) is 13.8. The first kappa shape index (κ1) is 29.2. The minimum absolute atomic E-state index is 0.0477. The van der Waals surface area contributed by atoms with E-state index >= 15 is 0 Å². The van der Waals surface area contributed by atoms with Crippen LogP contribution >= 0.6 is 11.8 Å². The van der Waals surface area contributed by atoms with E-state index in [1.807, 2.05) is 49.4 Å². The highest BCUT2D eigenvalue weighted by molar-refractivity contribution is 8.00. The molecule has 41 heavy (non-hydrogen) atoms. The average molecular weight is 567 g/mol. The van der Waals surface area contributed by atoms with Crippen LogP contribution in [0.15, 0.2) is 108 Å². The Morgan fingerprint density at radius 3 is 2.15 bits per heavy atom. The number of Topliss-reactive ketones (excluding diaryl/α,β-unsaturated/α-hetero) is 1. The molecule has 4 rings (SSSR count). The van der Waals surface area contributed by atoms with Gasteiger partial charge < -0.3 is 20.1 Å². The summed E-state index contributed by atoms with van der Waals surface area (Å²) in [6, 6.07) is 28.6. The molecule has 0 aliphatic heterocycles. The standard InChI is InChI=1S/C33H30N2O5S/c1-22-9-7-8-12-24(22)19-28(35-32(37)23-10-5-4-6-11-23)33(38)34-26-14-16-27(17-15-26)41-21-29(36)25-13-18-30(39-2)31(20-25)40-3/h4-20H,21H2,1-3H3,(H,34,38)(H,35,37)/b28-19-. The highest BCUT2D eigenvalue weighted by Crippen LogP contribution is 2.29. The van der Waals surface area contributed by atoms with Crippen LogP contribution in [-0.4, -0.2) is 37.6 Å². The maximum Gasteiger partial charge on any atom is 0.272 e. The van der Waals surface area contributed by atoms with Gasteiger partial charge in [-0.3, -0.25) is 14.4 Å². The van der Waals surface area contributed by atoms with E-state index in [4.69, 9.17) is 9.47 Å². The van der Waals surface area contributed by atoms with Gasteiger partial charge in [-0.1, -0.05) is 42.5 Å². The summed E-state index contributed by atoms with van der Waals surface area (Å²) in [7, 11) is 3.07. The molecule has 4 aromatic rings. The van der Waals surface area contributed by atoms with E-state index in [9.17, 15) is 14.4 Å². The number of nitrogens with one attached hydrogen (secondary N) is 2. The van der Waals surface area contributed by atoms with Crippen molar-refractivity contribution in [3.63, 3.8) is 0 Å². The van der Waals surface area contributed by atoms with Crippen LogP contribution in [0.2, 0.25) is 0 Å². The van der Waals surface area contributed by atoms with Crippen LogP contribution in [0, 0.1) is 6.92 Å². The van der Waals surface area contributed by atoms with Gasteiger partial charge in [0.15, 0.2) is 17.3 Å². The first-order valence-electron chi connectivity index (χ1n) is 12.8. The van der Waals surface area contributed by atoms with Gasteiger partial charge in [-0.15, -0.1) is 11.8 Å². The molecule has 0 saturated heterocycles. The quantitative estimate of drug-likeness (QED) is 0.124. The van der Waals surface area contributed by atoms with E-state index in [1.165, 1.54) is 18.9 Å². The zero-order chi connectivity index (χ0) is 29.2. The topological polar surface area (TPSA) is 93.7 Å². The Morgan fingerprint density at radius 1 is 0.780 bits per heavy atom. The summed E-state index contributed by atoms with van der Waals surface area (Å²) in [5.74, 6) is 0.405. The monoisotopic (exact) mass is 566 g/mol. The van der Waals surface area contributed by atoms with Crippen molar-refractivity contribution < 1.29 is 23.9 Å².